The van der Waals surface area contributed by atoms with Gasteiger partial charge in [0, 0.05) is 45.2 Å². The van der Waals surface area contributed by atoms with Gasteiger partial charge in [0.1, 0.15) is 5.82 Å². The fraction of sp³-hybridized carbons (Fsp3) is 0.400. The van der Waals surface area contributed by atoms with Crippen LogP contribution in [0, 0.1) is 0 Å². The van der Waals surface area contributed by atoms with Crippen LogP contribution < -0.4 is 4.90 Å². The number of esters is 1. The Balaban J connectivity index is 1.51. The Labute approximate surface area is 205 Å². The third-order valence-corrected chi connectivity index (χ3v) is 8.59. The molecule has 0 saturated carbocycles. The highest BCUT2D eigenvalue weighted by atomic mass is 32.2. The Hall–Kier alpha value is -3.24. The predicted octanol–water partition coefficient (Wildman–Crippen LogP) is 2.91. The number of ether oxygens (including phenoxy) is 1. The molecule has 9 nitrogen and oxygen atoms in total. The van der Waals surface area contributed by atoms with Crippen LogP contribution >= 0.6 is 0 Å². The summed E-state index contributed by atoms with van der Waals surface area (Å²) in [5, 5.41) is 0. The van der Waals surface area contributed by atoms with Crippen LogP contribution in [0.2, 0.25) is 0 Å². The summed E-state index contributed by atoms with van der Waals surface area (Å²) in [4.78, 5) is 31.4. The molecule has 0 N–H and O–H groups in total. The molecule has 1 aliphatic rings. The zero-order valence-electron chi connectivity index (χ0n) is 20.4. The summed E-state index contributed by atoms with van der Waals surface area (Å²) in [7, 11) is -0.365. The fourth-order valence-corrected chi connectivity index (χ4v) is 6.06. The summed E-state index contributed by atoms with van der Waals surface area (Å²) in [6.45, 7) is 4.98. The molecule has 10 heteroatoms. The Kier molecular flexibility index (Phi) is 6.95. The van der Waals surface area contributed by atoms with E-state index in [2.05, 4.69) is 4.98 Å². The molecule has 4 rings (SSSR count). The van der Waals surface area contributed by atoms with Crippen molar-refractivity contribution >= 4 is 38.6 Å². The normalized spacial score (nSPS) is 13.5. The molecule has 0 aliphatic carbocycles. The Bertz CT molecular complexity index is 1390. The van der Waals surface area contributed by atoms with Gasteiger partial charge >= 0.3 is 5.97 Å². The van der Waals surface area contributed by atoms with E-state index in [9.17, 15) is 18.0 Å². The fourth-order valence-electron chi connectivity index (χ4n) is 4.59. The number of aryl methyl sites for hydroxylation is 2. The van der Waals surface area contributed by atoms with Crippen molar-refractivity contribution in [3.05, 3.63) is 53.3 Å². The molecule has 186 valence electrons. The van der Waals surface area contributed by atoms with E-state index >= 15 is 0 Å². The van der Waals surface area contributed by atoms with Crippen LogP contribution in [0.4, 0.5) is 5.69 Å². The number of amides is 1. The van der Waals surface area contributed by atoms with E-state index in [1.54, 1.807) is 41.3 Å². The van der Waals surface area contributed by atoms with Gasteiger partial charge in [-0.2, -0.15) is 4.31 Å². The first-order valence-electron chi connectivity index (χ1n) is 11.7. The number of hydrogen-bond acceptors (Lipinski definition) is 6. The number of anilines is 1. The lowest BCUT2D eigenvalue weighted by atomic mass is 10.1. The van der Waals surface area contributed by atoms with Crippen LogP contribution in [0.15, 0.2) is 41.3 Å². The van der Waals surface area contributed by atoms with E-state index in [0.717, 1.165) is 16.8 Å². The number of aromatic nitrogens is 2. The zero-order chi connectivity index (χ0) is 25.3. The zero-order valence-corrected chi connectivity index (χ0v) is 21.3. The van der Waals surface area contributed by atoms with Gasteiger partial charge in [0.15, 0.2) is 0 Å². The molecule has 1 aliphatic heterocycles. The standard InChI is InChI=1S/C25H30N4O5S/c1-5-28(6-2)35(32,33)19-8-10-22-20(16-19)26-23(27(22)3)11-12-24(30)29-14-13-17-15-18(25(31)34-4)7-9-21(17)29/h7-10,15-16H,5-6,11-14H2,1-4H3. The second kappa shape index (κ2) is 9.79. The molecule has 0 saturated heterocycles. The first kappa shape index (κ1) is 24.9. The summed E-state index contributed by atoms with van der Waals surface area (Å²) in [5.74, 6) is 0.296. The maximum absolute atomic E-state index is 13.0. The van der Waals surface area contributed by atoms with Gasteiger partial charge in [-0.15, -0.1) is 0 Å². The molecule has 0 atom stereocenters. The van der Waals surface area contributed by atoms with E-state index in [1.165, 1.54) is 11.4 Å². The minimum absolute atomic E-state index is 0.0218. The highest BCUT2D eigenvalue weighted by molar-refractivity contribution is 7.89. The van der Waals surface area contributed by atoms with Gasteiger partial charge in [0.25, 0.3) is 0 Å². The van der Waals surface area contributed by atoms with Gasteiger partial charge in [-0.1, -0.05) is 13.8 Å². The van der Waals surface area contributed by atoms with Crippen molar-refractivity contribution in [2.45, 2.75) is 38.0 Å². The van der Waals surface area contributed by atoms with Crippen LogP contribution in [0.5, 0.6) is 0 Å². The quantitative estimate of drug-likeness (QED) is 0.443. The molecule has 3 aromatic rings. The number of sulfonamides is 1. The Morgan fingerprint density at radius 1 is 1.11 bits per heavy atom. The highest BCUT2D eigenvalue weighted by Crippen LogP contribution is 2.30. The van der Waals surface area contributed by atoms with Gasteiger partial charge in [-0.05, 0) is 48.4 Å². The summed E-state index contributed by atoms with van der Waals surface area (Å²) in [5.41, 5.74) is 3.64. The third kappa shape index (κ3) is 4.55. The highest BCUT2D eigenvalue weighted by Gasteiger charge is 2.26. The van der Waals surface area contributed by atoms with Crippen LogP contribution in [-0.2, 0) is 39.4 Å². The number of carbonyl (C=O) groups excluding carboxylic acids is 2. The number of fused-ring (bicyclic) bond motifs is 2. The van der Waals surface area contributed by atoms with Crippen molar-refractivity contribution in [2.24, 2.45) is 7.05 Å². The monoisotopic (exact) mass is 498 g/mol. The topological polar surface area (TPSA) is 102 Å². The van der Waals surface area contributed by atoms with E-state index in [-0.39, 0.29) is 17.2 Å². The van der Waals surface area contributed by atoms with Crippen molar-refractivity contribution in [3.8, 4) is 0 Å². The molecule has 2 heterocycles. The van der Waals surface area contributed by atoms with Crippen LogP contribution in [-0.4, -0.2) is 60.9 Å². The number of hydrogen-bond donors (Lipinski definition) is 0. The molecule has 0 fully saturated rings. The summed E-state index contributed by atoms with van der Waals surface area (Å²) in [6, 6.07) is 10.2. The second-order valence-electron chi connectivity index (χ2n) is 8.46. The first-order chi connectivity index (χ1) is 16.7. The van der Waals surface area contributed by atoms with E-state index in [1.807, 2.05) is 25.5 Å². The number of carbonyl (C=O) groups is 2. The SMILES string of the molecule is CCN(CC)S(=O)(=O)c1ccc2c(c1)nc(CCC(=O)N1CCc3cc(C(=O)OC)ccc31)n2C. The van der Waals surface area contributed by atoms with Crippen molar-refractivity contribution in [1.82, 2.24) is 13.9 Å². The van der Waals surface area contributed by atoms with E-state index in [0.29, 0.717) is 49.4 Å². The second-order valence-corrected chi connectivity index (χ2v) is 10.4. The van der Waals surface area contributed by atoms with Gasteiger partial charge in [0.2, 0.25) is 15.9 Å². The van der Waals surface area contributed by atoms with Gasteiger partial charge in [-0.25, -0.2) is 18.2 Å². The molecular weight excluding hydrogens is 468 g/mol. The third-order valence-electron chi connectivity index (χ3n) is 6.55. The van der Waals surface area contributed by atoms with Gasteiger partial charge in [0.05, 0.1) is 28.6 Å². The van der Waals surface area contributed by atoms with Crippen LogP contribution in [0.1, 0.15) is 42.0 Å². The molecule has 0 spiro atoms. The number of benzene rings is 2. The van der Waals surface area contributed by atoms with Crippen molar-refractivity contribution in [3.63, 3.8) is 0 Å². The minimum atomic E-state index is -3.58. The van der Waals surface area contributed by atoms with Gasteiger partial charge < -0.3 is 14.2 Å². The van der Waals surface area contributed by atoms with E-state index in [4.69, 9.17) is 4.74 Å². The van der Waals surface area contributed by atoms with Crippen LogP contribution in [0.3, 0.4) is 0 Å². The lowest BCUT2D eigenvalue weighted by Gasteiger charge is -2.18. The average molecular weight is 499 g/mol. The molecule has 2 aromatic carbocycles. The van der Waals surface area contributed by atoms with Crippen molar-refractivity contribution in [1.29, 1.82) is 0 Å². The molecular formula is C25H30N4O5S. The molecule has 0 radical (unpaired) electrons. The summed E-state index contributed by atoms with van der Waals surface area (Å²) in [6.07, 6.45) is 1.37. The summed E-state index contributed by atoms with van der Waals surface area (Å²) >= 11 is 0. The lowest BCUT2D eigenvalue weighted by Crippen LogP contribution is -2.30. The maximum atomic E-state index is 13.0. The van der Waals surface area contributed by atoms with E-state index < -0.39 is 16.0 Å². The molecule has 0 bridgehead atoms. The van der Waals surface area contributed by atoms with Crippen LogP contribution in [0.25, 0.3) is 11.0 Å². The minimum Gasteiger partial charge on any atom is -0.465 e. The molecule has 0 unspecified atom stereocenters. The maximum Gasteiger partial charge on any atom is 0.337 e. The molecule has 1 amide bonds. The van der Waals surface area contributed by atoms with Gasteiger partial charge in [-0.3, -0.25) is 4.79 Å². The van der Waals surface area contributed by atoms with Crippen molar-refractivity contribution in [2.75, 3.05) is 31.6 Å². The average Bonchev–Trinajstić information content (AvgIpc) is 3.42. The number of rotatable bonds is 8. The summed E-state index contributed by atoms with van der Waals surface area (Å²) < 4.78 is 33.9. The largest absolute Gasteiger partial charge is 0.465 e. The Morgan fingerprint density at radius 3 is 2.54 bits per heavy atom. The first-order valence-corrected chi connectivity index (χ1v) is 13.1. The molecule has 1 aromatic heterocycles. The predicted molar refractivity (Wildman–Crippen MR) is 133 cm³/mol. The lowest BCUT2D eigenvalue weighted by molar-refractivity contribution is -0.118. The number of methoxy groups -OCH3 is 1. The smallest absolute Gasteiger partial charge is 0.337 e. The Morgan fingerprint density at radius 2 is 1.86 bits per heavy atom. The van der Waals surface area contributed by atoms with Crippen molar-refractivity contribution < 1.29 is 22.7 Å². The number of nitrogens with zero attached hydrogens (tertiary/aromatic N) is 4. The molecule has 35 heavy (non-hydrogen) atoms. The number of imidazole rings is 1.